The first-order valence-electron chi connectivity index (χ1n) is 8.25. The number of H-pyrrole nitrogens is 1. The van der Waals surface area contributed by atoms with Crippen molar-refractivity contribution in [2.45, 2.75) is 4.90 Å². The Labute approximate surface area is 167 Å². The average Bonchev–Trinajstić information content (AvgIpc) is 2.95. The lowest BCUT2D eigenvalue weighted by molar-refractivity contribution is 0.521. The van der Waals surface area contributed by atoms with Gasteiger partial charge in [0, 0.05) is 31.0 Å². The summed E-state index contributed by atoms with van der Waals surface area (Å²) < 4.78 is 26.7. The number of hydrogen-bond donors (Lipinski definition) is 2. The minimum atomic E-state index is -3.49. The number of halogens is 1. The van der Waals surface area contributed by atoms with Crippen molar-refractivity contribution >= 4 is 40.1 Å². The molecular formula is C19H19ClN4O3S. The third-order valence-electron chi connectivity index (χ3n) is 4.11. The fraction of sp³-hybridized carbons (Fsp3) is 0.105. The van der Waals surface area contributed by atoms with E-state index in [1.165, 1.54) is 37.1 Å². The van der Waals surface area contributed by atoms with Gasteiger partial charge in [-0.15, -0.1) is 0 Å². The van der Waals surface area contributed by atoms with Gasteiger partial charge >= 0.3 is 0 Å². The summed E-state index contributed by atoms with van der Waals surface area (Å²) >= 11 is 5.88. The summed E-state index contributed by atoms with van der Waals surface area (Å²) in [6.45, 7) is 3.86. The van der Waals surface area contributed by atoms with Gasteiger partial charge in [0.2, 0.25) is 10.0 Å². The summed E-state index contributed by atoms with van der Waals surface area (Å²) in [6, 6.07) is 13.1. The van der Waals surface area contributed by atoms with Gasteiger partial charge in [0.1, 0.15) is 0 Å². The molecule has 0 spiro atoms. The van der Waals surface area contributed by atoms with Crippen LogP contribution in [0.25, 0.3) is 18.5 Å². The Morgan fingerprint density at radius 2 is 1.71 bits per heavy atom. The van der Waals surface area contributed by atoms with E-state index in [-0.39, 0.29) is 10.5 Å². The molecule has 146 valence electrons. The average molecular weight is 419 g/mol. The van der Waals surface area contributed by atoms with E-state index < -0.39 is 10.0 Å². The molecule has 0 atom stereocenters. The van der Waals surface area contributed by atoms with Gasteiger partial charge in [-0.3, -0.25) is 9.89 Å². The highest BCUT2D eigenvalue weighted by molar-refractivity contribution is 7.89. The number of hydrogen-bond acceptors (Lipinski definition) is 4. The van der Waals surface area contributed by atoms with E-state index in [1.807, 2.05) is 0 Å². The van der Waals surface area contributed by atoms with Crippen LogP contribution in [0.2, 0.25) is 5.02 Å². The molecule has 3 rings (SSSR count). The number of aromatic nitrogens is 2. The fourth-order valence-corrected chi connectivity index (χ4v) is 3.53. The van der Waals surface area contributed by atoms with Gasteiger partial charge in [-0.05, 0) is 48.5 Å². The summed E-state index contributed by atoms with van der Waals surface area (Å²) in [5, 5.41) is 7.30. The monoisotopic (exact) mass is 418 g/mol. The molecule has 0 bridgehead atoms. The highest BCUT2D eigenvalue weighted by Gasteiger charge is 2.16. The molecule has 1 heterocycles. The minimum absolute atomic E-state index is 0.188. The number of rotatable bonds is 5. The zero-order valence-corrected chi connectivity index (χ0v) is 16.9. The molecule has 7 nitrogen and oxygen atoms in total. The summed E-state index contributed by atoms with van der Waals surface area (Å²) in [7, 11) is -0.537. The number of anilines is 1. The predicted molar refractivity (Wildman–Crippen MR) is 112 cm³/mol. The van der Waals surface area contributed by atoms with E-state index in [0.717, 1.165) is 4.31 Å². The largest absolute Gasteiger partial charge is 0.361 e. The first-order valence-corrected chi connectivity index (χ1v) is 10.1. The Hall–Kier alpha value is -2.81. The lowest BCUT2D eigenvalue weighted by Gasteiger charge is -2.11. The van der Waals surface area contributed by atoms with Crippen LogP contribution in [-0.4, -0.2) is 36.6 Å². The maximum absolute atomic E-state index is 12.7. The van der Waals surface area contributed by atoms with Crippen LogP contribution >= 0.6 is 11.6 Å². The van der Waals surface area contributed by atoms with E-state index in [2.05, 4.69) is 17.0 Å². The Balaban J connectivity index is 1.90. The van der Waals surface area contributed by atoms with Crippen LogP contribution in [-0.2, 0) is 10.0 Å². The maximum Gasteiger partial charge on any atom is 0.280 e. The SMILES string of the molecule is C=c1[nH]n(-c2ccc(Cl)cc2)c(=O)/c1=C\Nc1ccc(S(=O)(=O)N(C)C)cc1. The first kappa shape index (κ1) is 19.9. The summed E-state index contributed by atoms with van der Waals surface area (Å²) in [6.07, 6.45) is 1.53. The smallest absolute Gasteiger partial charge is 0.280 e. The molecule has 0 saturated carbocycles. The van der Waals surface area contributed by atoms with Gasteiger partial charge in [0.05, 0.1) is 21.2 Å². The van der Waals surface area contributed by atoms with Crippen molar-refractivity contribution in [3.8, 4) is 5.69 Å². The molecule has 0 amide bonds. The standard InChI is InChI=1S/C19H19ClN4O3S/c1-13-18(19(25)24(22-13)16-8-4-14(20)5-9-16)12-21-15-6-10-17(11-7-15)28(26,27)23(2)3/h4-12,21-22H,1H2,2-3H3/b18-12-. The molecule has 0 aliphatic rings. The molecule has 0 aliphatic heterocycles. The zero-order valence-electron chi connectivity index (χ0n) is 15.3. The van der Waals surface area contributed by atoms with Crippen molar-refractivity contribution < 1.29 is 8.42 Å². The lowest BCUT2D eigenvalue weighted by Crippen LogP contribution is -2.34. The van der Waals surface area contributed by atoms with Crippen LogP contribution in [0.4, 0.5) is 5.69 Å². The molecule has 9 heteroatoms. The third-order valence-corrected chi connectivity index (χ3v) is 6.19. The molecule has 0 unspecified atom stereocenters. The molecule has 3 aromatic rings. The molecule has 1 aromatic heterocycles. The molecule has 0 aliphatic carbocycles. The Bertz CT molecular complexity index is 1260. The third kappa shape index (κ3) is 3.89. The first-order chi connectivity index (χ1) is 13.2. The van der Waals surface area contributed by atoms with Crippen LogP contribution in [0.15, 0.2) is 58.2 Å². The van der Waals surface area contributed by atoms with Crippen molar-refractivity contribution in [2.24, 2.45) is 0 Å². The number of aromatic amines is 1. The van der Waals surface area contributed by atoms with E-state index in [9.17, 15) is 13.2 Å². The number of benzene rings is 2. The Morgan fingerprint density at radius 3 is 2.29 bits per heavy atom. The molecule has 28 heavy (non-hydrogen) atoms. The van der Waals surface area contributed by atoms with Crippen molar-refractivity contribution in [2.75, 3.05) is 19.4 Å². The van der Waals surface area contributed by atoms with Gasteiger partial charge < -0.3 is 5.32 Å². The summed E-state index contributed by atoms with van der Waals surface area (Å²) in [5.41, 5.74) is 1.000. The van der Waals surface area contributed by atoms with E-state index in [1.54, 1.807) is 36.4 Å². The molecule has 2 aromatic carbocycles. The van der Waals surface area contributed by atoms with E-state index in [0.29, 0.717) is 27.0 Å². The molecule has 0 fully saturated rings. The van der Waals surface area contributed by atoms with E-state index >= 15 is 0 Å². The van der Waals surface area contributed by atoms with Gasteiger partial charge in [-0.2, -0.15) is 0 Å². The van der Waals surface area contributed by atoms with E-state index in [4.69, 9.17) is 11.6 Å². The topological polar surface area (TPSA) is 87.2 Å². The second-order valence-corrected chi connectivity index (χ2v) is 8.81. The van der Waals surface area contributed by atoms with Crippen molar-refractivity contribution in [3.63, 3.8) is 0 Å². The van der Waals surface area contributed by atoms with Crippen molar-refractivity contribution in [1.29, 1.82) is 0 Å². The van der Waals surface area contributed by atoms with Crippen LogP contribution in [0.1, 0.15) is 0 Å². The summed E-state index contributed by atoms with van der Waals surface area (Å²) in [4.78, 5) is 12.8. The maximum atomic E-state index is 12.7. The van der Waals surface area contributed by atoms with Crippen LogP contribution in [0.3, 0.4) is 0 Å². The summed E-state index contributed by atoms with van der Waals surface area (Å²) in [5.74, 6) is 0. The highest BCUT2D eigenvalue weighted by atomic mass is 35.5. The van der Waals surface area contributed by atoms with Gasteiger partial charge in [0.15, 0.2) is 0 Å². The molecular weight excluding hydrogens is 400 g/mol. The van der Waals surface area contributed by atoms with Gasteiger partial charge in [-0.25, -0.2) is 17.4 Å². The molecule has 0 saturated heterocycles. The fourth-order valence-electron chi connectivity index (χ4n) is 2.51. The second kappa shape index (κ2) is 7.67. The van der Waals surface area contributed by atoms with Crippen molar-refractivity contribution in [3.05, 3.63) is 74.5 Å². The van der Waals surface area contributed by atoms with Crippen molar-refractivity contribution in [1.82, 2.24) is 14.1 Å². The molecule has 0 radical (unpaired) electrons. The van der Waals surface area contributed by atoms with Crippen LogP contribution in [0, 0.1) is 0 Å². The van der Waals surface area contributed by atoms with Crippen LogP contribution < -0.4 is 21.4 Å². The Kier molecular flexibility index (Phi) is 5.46. The van der Waals surface area contributed by atoms with Crippen LogP contribution in [0.5, 0.6) is 0 Å². The number of sulfonamides is 1. The number of nitrogens with one attached hydrogen (secondary N) is 2. The minimum Gasteiger partial charge on any atom is -0.361 e. The Morgan fingerprint density at radius 1 is 1.11 bits per heavy atom. The number of nitrogens with zero attached hydrogens (tertiary/aromatic N) is 2. The second-order valence-electron chi connectivity index (χ2n) is 6.22. The van der Waals surface area contributed by atoms with Gasteiger partial charge in [0.25, 0.3) is 5.56 Å². The zero-order chi connectivity index (χ0) is 20.5. The van der Waals surface area contributed by atoms with Gasteiger partial charge in [-0.1, -0.05) is 18.2 Å². The highest BCUT2D eigenvalue weighted by Crippen LogP contribution is 2.16. The predicted octanol–water partition coefficient (Wildman–Crippen LogP) is 1.33. The quantitative estimate of drug-likeness (QED) is 0.654. The normalized spacial score (nSPS) is 12.5. The molecule has 2 N–H and O–H groups in total. The lowest BCUT2D eigenvalue weighted by atomic mass is 10.3.